The van der Waals surface area contributed by atoms with Gasteiger partial charge in [0.05, 0.1) is 28.4 Å². The number of hydrogen-bond acceptors (Lipinski definition) is 6. The first-order valence-electron chi connectivity index (χ1n) is 10.2. The van der Waals surface area contributed by atoms with Gasteiger partial charge in [-0.25, -0.2) is 4.99 Å². The molecule has 1 fully saturated rings. The smallest absolute Gasteiger partial charge is 0.271 e. The van der Waals surface area contributed by atoms with Crippen molar-refractivity contribution in [1.82, 2.24) is 0 Å². The molecule has 7 nitrogen and oxygen atoms in total. The highest BCUT2D eigenvalue weighted by Gasteiger charge is 2.34. The lowest BCUT2D eigenvalue weighted by molar-refractivity contribution is -0.120. The van der Waals surface area contributed by atoms with Crippen LogP contribution < -0.4 is 20.1 Å². The molecule has 9 heteroatoms. The highest BCUT2D eigenvalue weighted by atomic mass is 35.5. The zero-order chi connectivity index (χ0) is 24.1. The van der Waals surface area contributed by atoms with E-state index in [0.717, 1.165) is 5.69 Å². The van der Waals surface area contributed by atoms with Crippen molar-refractivity contribution < 1.29 is 19.1 Å². The van der Waals surface area contributed by atoms with E-state index in [0.29, 0.717) is 27.1 Å². The minimum atomic E-state index is -0.636. The first-order valence-corrected chi connectivity index (χ1v) is 11.4. The monoisotopic (exact) mass is 493 g/mol. The van der Waals surface area contributed by atoms with Crippen molar-refractivity contribution in [2.75, 3.05) is 18.6 Å². The predicted octanol–water partition coefficient (Wildman–Crippen LogP) is 5.02. The van der Waals surface area contributed by atoms with Crippen molar-refractivity contribution >= 4 is 57.8 Å². The molecule has 4 rings (SSSR count). The van der Waals surface area contributed by atoms with Gasteiger partial charge in [-0.15, -0.1) is 0 Å². The van der Waals surface area contributed by atoms with E-state index < -0.39 is 5.91 Å². The Bertz CT molecular complexity index is 1280. The van der Waals surface area contributed by atoms with Crippen LogP contribution in [0.5, 0.6) is 11.5 Å². The standard InChI is InChI=1S/C25H20ClN3O4S/c1-32-20-13-16(12-19(26)23(20)33-15-22(27)30)14-21-24(31)29(18-10-6-3-7-11-18)25(34-21)28-17-8-4-2-5-9-17/h2-14H,15H2,1H3,(H2,27,30)/b21-14+,28-25?. The molecule has 1 aliphatic heterocycles. The number of para-hydroxylation sites is 2. The third-order valence-electron chi connectivity index (χ3n) is 4.71. The molecule has 2 amide bonds. The van der Waals surface area contributed by atoms with E-state index in [4.69, 9.17) is 31.8 Å². The Morgan fingerprint density at radius 1 is 1.12 bits per heavy atom. The summed E-state index contributed by atoms with van der Waals surface area (Å²) in [5, 5.41) is 0.758. The van der Waals surface area contributed by atoms with Gasteiger partial charge in [-0.3, -0.25) is 14.5 Å². The summed E-state index contributed by atoms with van der Waals surface area (Å²) in [5.74, 6) is -0.333. The summed E-state index contributed by atoms with van der Waals surface area (Å²) in [7, 11) is 1.46. The lowest BCUT2D eigenvalue weighted by atomic mass is 10.1. The van der Waals surface area contributed by atoms with Gasteiger partial charge in [0, 0.05) is 0 Å². The molecule has 0 atom stereocenters. The summed E-state index contributed by atoms with van der Waals surface area (Å²) in [6, 6.07) is 22.1. The number of amides is 2. The van der Waals surface area contributed by atoms with E-state index in [9.17, 15) is 9.59 Å². The first-order chi connectivity index (χ1) is 16.5. The molecule has 2 N–H and O–H groups in total. The van der Waals surface area contributed by atoms with Crippen molar-refractivity contribution in [2.45, 2.75) is 0 Å². The zero-order valence-corrected chi connectivity index (χ0v) is 19.7. The number of primary amides is 1. The Morgan fingerprint density at radius 3 is 2.44 bits per heavy atom. The maximum atomic E-state index is 13.4. The van der Waals surface area contributed by atoms with Crippen molar-refractivity contribution in [3.05, 3.63) is 88.3 Å². The van der Waals surface area contributed by atoms with Crippen molar-refractivity contribution in [3.63, 3.8) is 0 Å². The Morgan fingerprint density at radius 2 is 1.79 bits per heavy atom. The number of benzene rings is 3. The van der Waals surface area contributed by atoms with Gasteiger partial charge in [0.1, 0.15) is 0 Å². The minimum Gasteiger partial charge on any atom is -0.493 e. The number of methoxy groups -OCH3 is 1. The summed E-state index contributed by atoms with van der Waals surface area (Å²) in [4.78, 5) is 31.2. The van der Waals surface area contributed by atoms with Crippen LogP contribution in [0, 0.1) is 0 Å². The number of thioether (sulfide) groups is 1. The highest BCUT2D eigenvalue weighted by Crippen LogP contribution is 2.40. The maximum absolute atomic E-state index is 13.4. The van der Waals surface area contributed by atoms with E-state index in [-0.39, 0.29) is 23.3 Å². The van der Waals surface area contributed by atoms with Gasteiger partial charge in [0.2, 0.25) is 0 Å². The van der Waals surface area contributed by atoms with Gasteiger partial charge < -0.3 is 15.2 Å². The highest BCUT2D eigenvalue weighted by molar-refractivity contribution is 8.19. The summed E-state index contributed by atoms with van der Waals surface area (Å²) >= 11 is 7.63. The van der Waals surface area contributed by atoms with Gasteiger partial charge in [-0.1, -0.05) is 48.0 Å². The van der Waals surface area contributed by atoms with Crippen LogP contribution in [0.2, 0.25) is 5.02 Å². The lowest BCUT2D eigenvalue weighted by Crippen LogP contribution is -2.28. The van der Waals surface area contributed by atoms with Gasteiger partial charge in [-0.2, -0.15) is 0 Å². The molecular formula is C25H20ClN3O4S. The fourth-order valence-electron chi connectivity index (χ4n) is 3.22. The van der Waals surface area contributed by atoms with Crippen LogP contribution in [0.15, 0.2) is 82.7 Å². The van der Waals surface area contributed by atoms with E-state index in [2.05, 4.69) is 0 Å². The van der Waals surface area contributed by atoms with Crippen LogP contribution in [-0.4, -0.2) is 30.7 Å². The number of carbonyl (C=O) groups excluding carboxylic acids is 2. The average molecular weight is 494 g/mol. The Balaban J connectivity index is 1.72. The second-order valence-electron chi connectivity index (χ2n) is 7.11. The average Bonchev–Trinajstić information content (AvgIpc) is 3.13. The third kappa shape index (κ3) is 5.24. The van der Waals surface area contributed by atoms with Crippen LogP contribution in [0.3, 0.4) is 0 Å². The number of halogens is 1. The summed E-state index contributed by atoms with van der Waals surface area (Å²) < 4.78 is 10.7. The topological polar surface area (TPSA) is 94.2 Å². The number of hydrogen-bond donors (Lipinski definition) is 1. The van der Waals surface area contributed by atoms with Gasteiger partial charge >= 0.3 is 0 Å². The Hall–Kier alpha value is -3.75. The van der Waals surface area contributed by atoms with Crippen molar-refractivity contribution in [1.29, 1.82) is 0 Å². The molecule has 0 radical (unpaired) electrons. The molecule has 1 saturated heterocycles. The normalized spacial score (nSPS) is 15.7. The van der Waals surface area contributed by atoms with E-state index in [1.54, 1.807) is 23.1 Å². The number of amidine groups is 1. The summed E-state index contributed by atoms with van der Waals surface area (Å²) in [5.41, 5.74) is 7.22. The van der Waals surface area contributed by atoms with E-state index in [1.165, 1.54) is 18.9 Å². The molecule has 0 unspecified atom stereocenters. The second-order valence-corrected chi connectivity index (χ2v) is 8.52. The number of aliphatic imine (C=N–C) groups is 1. The molecule has 34 heavy (non-hydrogen) atoms. The van der Waals surface area contributed by atoms with Gasteiger partial charge in [0.25, 0.3) is 11.8 Å². The van der Waals surface area contributed by atoms with E-state index in [1.807, 2.05) is 60.7 Å². The second kappa shape index (κ2) is 10.5. The largest absolute Gasteiger partial charge is 0.493 e. The minimum absolute atomic E-state index is 0.202. The first kappa shape index (κ1) is 23.4. The number of ether oxygens (including phenoxy) is 2. The number of nitrogens with zero attached hydrogens (tertiary/aromatic N) is 2. The SMILES string of the molecule is COc1cc(/C=C2/SC(=Nc3ccccc3)N(c3ccccc3)C2=O)cc(Cl)c1OCC(N)=O. The van der Waals surface area contributed by atoms with E-state index >= 15 is 0 Å². The quantitative estimate of drug-likeness (QED) is 0.466. The number of rotatable bonds is 7. The molecule has 0 aromatic heterocycles. The Kier molecular flexibility index (Phi) is 7.20. The fourth-order valence-corrected chi connectivity index (χ4v) is 4.50. The molecule has 3 aromatic carbocycles. The Labute approximate surface area is 205 Å². The summed E-state index contributed by atoms with van der Waals surface area (Å²) in [6.45, 7) is -0.337. The predicted molar refractivity (Wildman–Crippen MR) is 136 cm³/mol. The number of carbonyl (C=O) groups is 2. The van der Waals surface area contributed by atoms with Crippen LogP contribution in [0.4, 0.5) is 11.4 Å². The number of anilines is 1. The molecule has 3 aromatic rings. The molecular weight excluding hydrogens is 474 g/mol. The third-order valence-corrected chi connectivity index (χ3v) is 5.96. The molecule has 1 aliphatic rings. The zero-order valence-electron chi connectivity index (χ0n) is 18.1. The number of nitrogens with two attached hydrogens (primary N) is 1. The molecule has 0 spiro atoms. The van der Waals surface area contributed by atoms with Crippen LogP contribution in [0.25, 0.3) is 6.08 Å². The van der Waals surface area contributed by atoms with Crippen LogP contribution in [-0.2, 0) is 9.59 Å². The fraction of sp³-hybridized carbons (Fsp3) is 0.0800. The molecule has 0 aliphatic carbocycles. The van der Waals surface area contributed by atoms with Gasteiger partial charge in [-0.05, 0) is 59.8 Å². The van der Waals surface area contributed by atoms with Crippen molar-refractivity contribution in [3.8, 4) is 11.5 Å². The molecule has 172 valence electrons. The van der Waals surface area contributed by atoms with Crippen LogP contribution in [0.1, 0.15) is 5.56 Å². The molecule has 0 saturated carbocycles. The van der Waals surface area contributed by atoms with Crippen LogP contribution >= 0.6 is 23.4 Å². The molecule has 1 heterocycles. The maximum Gasteiger partial charge on any atom is 0.271 e. The lowest BCUT2D eigenvalue weighted by Gasteiger charge is -2.15. The molecule has 0 bridgehead atoms. The van der Waals surface area contributed by atoms with Crippen molar-refractivity contribution in [2.24, 2.45) is 10.7 Å². The van der Waals surface area contributed by atoms with Gasteiger partial charge in [0.15, 0.2) is 23.3 Å². The summed E-state index contributed by atoms with van der Waals surface area (Å²) in [6.07, 6.45) is 1.71.